The molecule has 28 heavy (non-hydrogen) atoms. The summed E-state index contributed by atoms with van der Waals surface area (Å²) >= 11 is 0. The van der Waals surface area contributed by atoms with Crippen LogP contribution in [0.15, 0.2) is 24.3 Å². The molecule has 3 fully saturated rings. The number of hydrogen-bond donors (Lipinski definition) is 3. The number of ketones is 1. The Morgan fingerprint density at radius 3 is 2.64 bits per heavy atom. The number of para-hydroxylation sites is 1. The van der Waals surface area contributed by atoms with Crippen LogP contribution in [0.25, 0.3) is 0 Å². The largest absolute Gasteiger partial charge is 0.481 e. The van der Waals surface area contributed by atoms with Gasteiger partial charge < -0.3 is 15.5 Å². The first kappa shape index (κ1) is 18.2. The average molecular weight is 383 g/mol. The Kier molecular flexibility index (Phi) is 3.63. The quantitative estimate of drug-likeness (QED) is 0.692. The number of aliphatic hydroxyl groups is 1. The molecule has 0 aromatic heterocycles. The second kappa shape index (κ2) is 5.59. The molecule has 0 unspecified atom stereocenters. The molecular weight excluding hydrogens is 354 g/mol. The number of Topliss-reactive ketones (excluding diaryl/α,β-unsaturated/α-hetero) is 1. The van der Waals surface area contributed by atoms with Gasteiger partial charge in [0.05, 0.1) is 17.6 Å². The first-order valence-electron chi connectivity index (χ1n) is 10.5. The number of carboxylic acid groups (broad SMARTS) is 1. The molecule has 1 aromatic rings. The molecule has 1 spiro atoms. The molecule has 5 rings (SSSR count). The minimum Gasteiger partial charge on any atom is -0.481 e. The zero-order valence-electron chi connectivity index (χ0n) is 16.6. The van der Waals surface area contributed by atoms with Gasteiger partial charge in [-0.25, -0.2) is 0 Å². The number of aliphatic carboxylic acids is 1. The molecule has 5 heteroatoms. The Morgan fingerprint density at radius 1 is 1.14 bits per heavy atom. The van der Waals surface area contributed by atoms with E-state index in [-0.39, 0.29) is 34.5 Å². The number of carbonyl (C=O) groups excluding carboxylic acids is 1. The second-order valence-electron chi connectivity index (χ2n) is 10.1. The summed E-state index contributed by atoms with van der Waals surface area (Å²) in [6, 6.07) is 8.21. The number of hydrogen-bond acceptors (Lipinski definition) is 4. The summed E-state index contributed by atoms with van der Waals surface area (Å²) in [6.07, 6.45) is 3.41. The van der Waals surface area contributed by atoms with E-state index in [0.29, 0.717) is 12.8 Å². The van der Waals surface area contributed by atoms with Gasteiger partial charge in [-0.15, -0.1) is 0 Å². The molecule has 0 radical (unpaired) electrons. The van der Waals surface area contributed by atoms with Crippen molar-refractivity contribution in [2.45, 2.75) is 69.9 Å². The van der Waals surface area contributed by atoms with Gasteiger partial charge in [0.2, 0.25) is 0 Å². The zero-order valence-corrected chi connectivity index (χ0v) is 16.6. The number of fused-ring (bicyclic) bond motifs is 4. The third kappa shape index (κ3) is 2.01. The maximum Gasteiger partial charge on any atom is 0.312 e. The van der Waals surface area contributed by atoms with Crippen molar-refractivity contribution in [1.82, 2.24) is 0 Å². The fourth-order valence-corrected chi connectivity index (χ4v) is 7.67. The maximum atomic E-state index is 13.0. The number of aliphatic hydroxyl groups excluding tert-OH is 1. The third-order valence-corrected chi connectivity index (χ3v) is 9.13. The minimum absolute atomic E-state index is 0.0760. The molecule has 0 saturated heterocycles. The molecule has 3 aliphatic carbocycles. The summed E-state index contributed by atoms with van der Waals surface area (Å²) in [7, 11) is 0. The van der Waals surface area contributed by atoms with Crippen LogP contribution >= 0.6 is 0 Å². The summed E-state index contributed by atoms with van der Waals surface area (Å²) in [4.78, 5) is 25.3. The second-order valence-corrected chi connectivity index (χ2v) is 10.1. The molecule has 0 amide bonds. The first-order valence-corrected chi connectivity index (χ1v) is 10.5. The van der Waals surface area contributed by atoms with Crippen LogP contribution in [0.5, 0.6) is 0 Å². The van der Waals surface area contributed by atoms with E-state index in [4.69, 9.17) is 0 Å². The monoisotopic (exact) mass is 383 g/mol. The molecule has 3 N–H and O–H groups in total. The third-order valence-electron chi connectivity index (χ3n) is 9.13. The lowest BCUT2D eigenvalue weighted by Gasteiger charge is -2.66. The molecular formula is C23H29NO4. The molecule has 1 heterocycles. The van der Waals surface area contributed by atoms with Gasteiger partial charge in [0.15, 0.2) is 5.78 Å². The van der Waals surface area contributed by atoms with Crippen LogP contribution in [0.4, 0.5) is 5.69 Å². The van der Waals surface area contributed by atoms with E-state index < -0.39 is 17.5 Å². The van der Waals surface area contributed by atoms with Gasteiger partial charge in [-0.05, 0) is 67.9 Å². The van der Waals surface area contributed by atoms with Crippen molar-refractivity contribution >= 4 is 17.4 Å². The van der Waals surface area contributed by atoms with Gasteiger partial charge in [0.1, 0.15) is 0 Å². The van der Waals surface area contributed by atoms with E-state index in [0.717, 1.165) is 31.4 Å². The van der Waals surface area contributed by atoms with Crippen molar-refractivity contribution in [2.24, 2.45) is 22.7 Å². The Balaban J connectivity index is 1.67. The fraction of sp³-hybridized carbons (Fsp3) is 0.652. The Bertz CT molecular complexity index is 868. The topological polar surface area (TPSA) is 86.6 Å². The van der Waals surface area contributed by atoms with Crippen LogP contribution in [0.3, 0.4) is 0 Å². The lowest BCUT2D eigenvalue weighted by molar-refractivity contribution is -0.197. The maximum absolute atomic E-state index is 13.0. The predicted molar refractivity (Wildman–Crippen MR) is 105 cm³/mol. The van der Waals surface area contributed by atoms with E-state index in [1.54, 1.807) is 6.92 Å². The minimum atomic E-state index is -1.15. The summed E-state index contributed by atoms with van der Waals surface area (Å²) in [6.45, 7) is 3.93. The highest BCUT2D eigenvalue weighted by Gasteiger charge is 2.68. The van der Waals surface area contributed by atoms with E-state index >= 15 is 0 Å². The molecule has 7 atom stereocenters. The summed E-state index contributed by atoms with van der Waals surface area (Å²) in [5.74, 6) is -0.655. The number of rotatable bonds is 1. The lowest BCUT2D eigenvalue weighted by Crippen LogP contribution is -2.66. The first-order chi connectivity index (χ1) is 13.2. The van der Waals surface area contributed by atoms with Crippen LogP contribution < -0.4 is 5.32 Å². The Morgan fingerprint density at radius 2 is 1.89 bits per heavy atom. The van der Waals surface area contributed by atoms with Crippen molar-refractivity contribution in [3.05, 3.63) is 29.8 Å². The van der Waals surface area contributed by atoms with Gasteiger partial charge in [-0.1, -0.05) is 25.1 Å². The number of benzene rings is 1. The molecule has 1 aromatic carbocycles. The van der Waals surface area contributed by atoms with Crippen LogP contribution in [0, 0.1) is 22.7 Å². The lowest BCUT2D eigenvalue weighted by atomic mass is 9.38. The number of nitrogens with one attached hydrogen (secondary N) is 1. The Hall–Kier alpha value is -1.88. The fourth-order valence-electron chi connectivity index (χ4n) is 7.67. The van der Waals surface area contributed by atoms with Crippen LogP contribution in [0.2, 0.25) is 0 Å². The van der Waals surface area contributed by atoms with Crippen molar-refractivity contribution in [3.8, 4) is 0 Å². The van der Waals surface area contributed by atoms with Gasteiger partial charge in [0.25, 0.3) is 0 Å². The summed E-state index contributed by atoms with van der Waals surface area (Å²) in [5.41, 5.74) is 0.867. The SMILES string of the molecule is C[C@]12CC[C@H](O)[C@@](C)(C(=O)O)[C@@H]1CC[C@@]13C[C@H](Nc4ccccc41)C(=O)C[C@@H]32. The normalized spacial score (nSPS) is 46.6. The summed E-state index contributed by atoms with van der Waals surface area (Å²) < 4.78 is 0. The van der Waals surface area contributed by atoms with Crippen molar-refractivity contribution in [1.29, 1.82) is 0 Å². The number of anilines is 1. The van der Waals surface area contributed by atoms with Crippen molar-refractivity contribution < 1.29 is 19.8 Å². The van der Waals surface area contributed by atoms with Crippen LogP contribution in [-0.4, -0.2) is 34.1 Å². The molecule has 2 bridgehead atoms. The predicted octanol–water partition coefficient (Wildman–Crippen LogP) is 3.36. The van der Waals surface area contributed by atoms with Gasteiger partial charge in [-0.2, -0.15) is 0 Å². The molecule has 4 aliphatic rings. The summed E-state index contributed by atoms with van der Waals surface area (Å²) in [5, 5.41) is 24.2. The van der Waals surface area contributed by atoms with E-state index in [2.05, 4.69) is 30.4 Å². The highest BCUT2D eigenvalue weighted by Crippen LogP contribution is 2.69. The van der Waals surface area contributed by atoms with Gasteiger partial charge in [-0.3, -0.25) is 9.59 Å². The average Bonchev–Trinajstić information content (AvgIpc) is 2.67. The van der Waals surface area contributed by atoms with E-state index in [9.17, 15) is 19.8 Å². The van der Waals surface area contributed by atoms with E-state index in [1.807, 2.05) is 6.07 Å². The highest BCUT2D eigenvalue weighted by atomic mass is 16.4. The zero-order chi connectivity index (χ0) is 19.9. The van der Waals surface area contributed by atoms with Gasteiger partial charge >= 0.3 is 5.97 Å². The van der Waals surface area contributed by atoms with Gasteiger partial charge in [0, 0.05) is 17.5 Å². The van der Waals surface area contributed by atoms with Crippen molar-refractivity contribution in [2.75, 3.05) is 5.32 Å². The highest BCUT2D eigenvalue weighted by molar-refractivity contribution is 5.90. The number of carboxylic acids is 1. The smallest absolute Gasteiger partial charge is 0.312 e. The molecule has 3 saturated carbocycles. The van der Waals surface area contributed by atoms with Crippen molar-refractivity contribution in [3.63, 3.8) is 0 Å². The molecule has 1 aliphatic heterocycles. The standard InChI is InChI=1S/C23H29NO4/c1-21-9-8-19(26)22(2,20(27)28)17(21)7-10-23-12-15(16(25)11-18(21)23)24-14-6-4-3-5-13(14)23/h3-6,15,17-19,24,26H,7-12H2,1-2H3,(H,27,28)/t15-,17+,18+,19-,21-,22-,23+/m0/s1. The van der Waals surface area contributed by atoms with Crippen LogP contribution in [-0.2, 0) is 15.0 Å². The van der Waals surface area contributed by atoms with E-state index in [1.165, 1.54) is 5.56 Å². The Labute approximate surface area is 165 Å². The molecule has 5 nitrogen and oxygen atoms in total. The molecule has 150 valence electrons. The number of carbonyl (C=O) groups is 2. The van der Waals surface area contributed by atoms with Crippen LogP contribution in [0.1, 0.15) is 57.9 Å².